The highest BCUT2D eigenvalue weighted by Gasteiger charge is 2.48. The van der Waals surface area contributed by atoms with E-state index in [-0.39, 0.29) is 28.2 Å². The van der Waals surface area contributed by atoms with Gasteiger partial charge in [0.2, 0.25) is 17.6 Å². The van der Waals surface area contributed by atoms with E-state index >= 15 is 0 Å². The summed E-state index contributed by atoms with van der Waals surface area (Å²) in [5, 5.41) is 2.68. The van der Waals surface area contributed by atoms with Gasteiger partial charge in [0.15, 0.2) is 11.3 Å². The van der Waals surface area contributed by atoms with Crippen LogP contribution in [-0.4, -0.2) is 72.3 Å². The third-order valence-electron chi connectivity index (χ3n) is 5.65. The van der Waals surface area contributed by atoms with Crippen molar-refractivity contribution in [1.82, 2.24) is 20.1 Å². The minimum Gasteiger partial charge on any atom is -0.495 e. The molecule has 0 saturated heterocycles. The van der Waals surface area contributed by atoms with Crippen LogP contribution < -0.4 is 14.8 Å². The Hall–Kier alpha value is -4.15. The van der Waals surface area contributed by atoms with Crippen LogP contribution in [0.4, 0.5) is 4.39 Å². The first-order chi connectivity index (χ1) is 19.1. The van der Waals surface area contributed by atoms with Gasteiger partial charge < -0.3 is 29.0 Å². The molecule has 35 heavy (non-hydrogen) atoms. The highest BCUT2D eigenvalue weighted by Crippen LogP contribution is 2.38. The van der Waals surface area contributed by atoms with E-state index in [0.717, 1.165) is 12.1 Å². The molecule has 3 heterocycles. The summed E-state index contributed by atoms with van der Waals surface area (Å²) in [4.78, 5) is 45.2. The maximum atomic E-state index is 14.0. The van der Waals surface area contributed by atoms with E-state index in [4.69, 9.17) is 22.1 Å². The van der Waals surface area contributed by atoms with Crippen molar-refractivity contribution in [3.63, 3.8) is 0 Å². The lowest BCUT2D eigenvalue weighted by atomic mass is 9.99. The number of likely N-dealkylation sites (N-methyl/N-ethyl adjacent to an activating group) is 1. The van der Waals surface area contributed by atoms with Crippen LogP contribution >= 0.6 is 0 Å². The molecule has 184 valence electrons. The monoisotopic (exact) mass is 490 g/mol. The smallest absolute Gasteiger partial charge is 0.295 e. The molecule has 0 fully saturated rings. The molecular weight excluding hydrogens is 459 g/mol. The SMILES string of the molecule is [2H]C([2H])([2H])N(C(=O)CN1C(=O)c2oc3ccc(F)cc3c2OC[C@]1(C)C(=O)NCc1ncccc1OC)C([2H])([2H])[2H]. The highest BCUT2D eigenvalue weighted by atomic mass is 19.1. The van der Waals surface area contributed by atoms with Crippen LogP contribution in [0.1, 0.15) is 31.4 Å². The van der Waals surface area contributed by atoms with E-state index < -0.39 is 61.9 Å². The topological polar surface area (TPSA) is 114 Å². The molecule has 1 aliphatic heterocycles. The third kappa shape index (κ3) is 4.36. The summed E-state index contributed by atoms with van der Waals surface area (Å²) in [6.07, 6.45) is 1.47. The van der Waals surface area contributed by atoms with Crippen molar-refractivity contribution in [3.05, 3.63) is 53.8 Å². The Morgan fingerprint density at radius 1 is 1.37 bits per heavy atom. The number of methoxy groups -OCH3 is 1. The van der Waals surface area contributed by atoms with Gasteiger partial charge in [0.05, 0.1) is 19.0 Å². The molecule has 4 rings (SSSR count). The summed E-state index contributed by atoms with van der Waals surface area (Å²) in [5.74, 6) is -4.44. The molecule has 0 unspecified atom stereocenters. The first-order valence-corrected chi connectivity index (χ1v) is 10.3. The van der Waals surface area contributed by atoms with Gasteiger partial charge in [-0.15, -0.1) is 0 Å². The number of pyridine rings is 1. The first-order valence-electron chi connectivity index (χ1n) is 13.3. The molecule has 0 bridgehead atoms. The molecule has 1 aliphatic rings. The second-order valence-electron chi connectivity index (χ2n) is 7.92. The number of fused-ring (bicyclic) bond motifs is 3. The zero-order chi connectivity index (χ0) is 30.3. The van der Waals surface area contributed by atoms with Crippen LogP contribution in [0.15, 0.2) is 40.9 Å². The minimum absolute atomic E-state index is 0.0675. The molecule has 0 aliphatic carbocycles. The third-order valence-corrected chi connectivity index (χ3v) is 5.65. The minimum atomic E-state index is -3.40. The van der Waals surface area contributed by atoms with Crippen molar-refractivity contribution < 1.29 is 40.9 Å². The summed E-state index contributed by atoms with van der Waals surface area (Å²) >= 11 is 0. The van der Waals surface area contributed by atoms with E-state index in [2.05, 4.69) is 10.3 Å². The molecule has 10 nitrogen and oxygen atoms in total. The van der Waals surface area contributed by atoms with Crippen molar-refractivity contribution in [1.29, 1.82) is 0 Å². The van der Waals surface area contributed by atoms with Crippen LogP contribution in [0.2, 0.25) is 0 Å². The summed E-state index contributed by atoms with van der Waals surface area (Å²) in [6, 6.07) is 6.63. The molecular formula is C24H25FN4O6. The number of rotatable bonds is 6. The Labute approximate surface area is 209 Å². The number of hydrogen-bond donors (Lipinski definition) is 1. The van der Waals surface area contributed by atoms with Crippen molar-refractivity contribution in [3.8, 4) is 11.5 Å². The molecule has 2 aromatic heterocycles. The van der Waals surface area contributed by atoms with Gasteiger partial charge >= 0.3 is 0 Å². The second kappa shape index (κ2) is 9.24. The highest BCUT2D eigenvalue weighted by molar-refractivity contribution is 6.06. The summed E-state index contributed by atoms with van der Waals surface area (Å²) < 4.78 is 76.1. The molecule has 0 radical (unpaired) electrons. The van der Waals surface area contributed by atoms with Crippen molar-refractivity contribution in [2.75, 3.05) is 34.2 Å². The van der Waals surface area contributed by atoms with Gasteiger partial charge in [0.1, 0.15) is 36.0 Å². The number of halogens is 1. The number of ether oxygens (including phenoxy) is 2. The number of aromatic nitrogens is 1. The van der Waals surface area contributed by atoms with Crippen molar-refractivity contribution in [2.24, 2.45) is 0 Å². The number of carbonyl (C=O) groups excluding carboxylic acids is 3. The Morgan fingerprint density at radius 2 is 2.17 bits per heavy atom. The zero-order valence-corrected chi connectivity index (χ0v) is 18.8. The number of furan rings is 1. The first kappa shape index (κ1) is 17.3. The summed E-state index contributed by atoms with van der Waals surface area (Å²) in [5.41, 5.74) is -1.62. The average molecular weight is 491 g/mol. The number of nitrogens with one attached hydrogen (secondary N) is 1. The molecule has 11 heteroatoms. The molecule has 3 amide bonds. The number of nitrogens with zero attached hydrogens (tertiary/aromatic N) is 3. The summed E-state index contributed by atoms with van der Waals surface area (Å²) in [6.45, 7) is -7.49. The average Bonchev–Trinajstić information content (AvgIpc) is 3.20. The lowest BCUT2D eigenvalue weighted by Gasteiger charge is -2.37. The quantitative estimate of drug-likeness (QED) is 0.562. The molecule has 1 N–H and O–H groups in total. The van der Waals surface area contributed by atoms with Gasteiger partial charge in [-0.3, -0.25) is 19.4 Å². The zero-order valence-electron chi connectivity index (χ0n) is 24.8. The summed E-state index contributed by atoms with van der Waals surface area (Å²) in [7, 11) is 1.41. The molecule has 1 atom stereocenters. The van der Waals surface area contributed by atoms with Crippen LogP contribution in [-0.2, 0) is 16.1 Å². The van der Waals surface area contributed by atoms with Crippen LogP contribution in [0.3, 0.4) is 0 Å². The fraction of sp³-hybridized carbons (Fsp3) is 0.333. The fourth-order valence-electron chi connectivity index (χ4n) is 3.71. The lowest BCUT2D eigenvalue weighted by Crippen LogP contribution is -2.62. The predicted molar refractivity (Wildman–Crippen MR) is 122 cm³/mol. The van der Waals surface area contributed by atoms with E-state index in [1.54, 1.807) is 12.1 Å². The number of carbonyl (C=O) groups is 3. The van der Waals surface area contributed by atoms with E-state index in [9.17, 15) is 18.8 Å². The Kier molecular flexibility index (Phi) is 4.57. The largest absolute Gasteiger partial charge is 0.495 e. The Morgan fingerprint density at radius 3 is 2.91 bits per heavy atom. The van der Waals surface area contributed by atoms with Crippen molar-refractivity contribution >= 4 is 28.7 Å². The van der Waals surface area contributed by atoms with Gasteiger partial charge in [-0.25, -0.2) is 4.39 Å². The van der Waals surface area contributed by atoms with E-state index in [1.165, 1.54) is 26.3 Å². The molecule has 1 aromatic carbocycles. The maximum absolute atomic E-state index is 14.0. The lowest BCUT2D eigenvalue weighted by molar-refractivity contribution is -0.137. The Bertz CT molecular complexity index is 1500. The van der Waals surface area contributed by atoms with Crippen LogP contribution in [0.5, 0.6) is 11.5 Å². The molecule has 0 saturated carbocycles. The van der Waals surface area contributed by atoms with Crippen LogP contribution in [0, 0.1) is 5.82 Å². The predicted octanol–water partition coefficient (Wildman–Crippen LogP) is 1.97. The van der Waals surface area contributed by atoms with Gasteiger partial charge in [0, 0.05) is 28.4 Å². The van der Waals surface area contributed by atoms with Crippen molar-refractivity contribution in [2.45, 2.75) is 19.0 Å². The van der Waals surface area contributed by atoms with E-state index in [1.807, 2.05) is 0 Å². The van der Waals surface area contributed by atoms with Gasteiger partial charge in [-0.2, -0.15) is 0 Å². The van der Waals surface area contributed by atoms with Gasteiger partial charge in [-0.1, -0.05) is 0 Å². The van der Waals surface area contributed by atoms with Gasteiger partial charge in [-0.05, 0) is 37.3 Å². The standard InChI is InChI=1S/C24H25FN4O6/c1-24(23(32)27-11-16-18(33-4)6-5-9-26-16)13-34-20-15-10-14(25)7-8-17(15)35-21(20)22(31)29(24)12-19(30)28(2)3/h5-10H,11-13H2,1-4H3,(H,27,32)/t24-/m1/s1/i2D3,3D3. The molecule has 3 aromatic rings. The normalized spacial score (nSPS) is 20.7. The molecule has 0 spiro atoms. The number of amides is 3. The van der Waals surface area contributed by atoms with Crippen LogP contribution in [0.25, 0.3) is 11.0 Å². The Balaban J connectivity index is 1.76. The van der Waals surface area contributed by atoms with E-state index in [0.29, 0.717) is 16.3 Å². The number of benzene rings is 1. The van der Waals surface area contributed by atoms with Gasteiger partial charge in [0.25, 0.3) is 5.91 Å². The second-order valence-corrected chi connectivity index (χ2v) is 7.92. The maximum Gasteiger partial charge on any atom is 0.295 e. The fourth-order valence-corrected chi connectivity index (χ4v) is 3.71. The number of hydrogen-bond acceptors (Lipinski definition) is 7.